The molecule has 0 aliphatic carbocycles. The van der Waals surface area contributed by atoms with Crippen molar-refractivity contribution in [3.05, 3.63) is 69.0 Å². The van der Waals surface area contributed by atoms with E-state index < -0.39 is 0 Å². The van der Waals surface area contributed by atoms with Gasteiger partial charge in [0.25, 0.3) is 11.5 Å². The summed E-state index contributed by atoms with van der Waals surface area (Å²) in [6.07, 6.45) is 0. The molecule has 1 amide bonds. The Labute approximate surface area is 202 Å². The first-order chi connectivity index (χ1) is 16.3. The number of thioether (sulfide) groups is 1. The molecular weight excluding hydrogens is 454 g/mol. The van der Waals surface area contributed by atoms with Gasteiger partial charge in [-0.1, -0.05) is 35.5 Å². The zero-order valence-corrected chi connectivity index (χ0v) is 20.7. The number of amides is 1. The predicted octanol–water partition coefficient (Wildman–Crippen LogP) is 3.01. The molecule has 9 heteroatoms. The van der Waals surface area contributed by atoms with E-state index in [-0.39, 0.29) is 23.0 Å². The molecule has 8 nitrogen and oxygen atoms in total. The maximum absolute atomic E-state index is 13.2. The van der Waals surface area contributed by atoms with Crippen LogP contribution in [0, 0.1) is 13.8 Å². The van der Waals surface area contributed by atoms with Crippen molar-refractivity contribution in [2.45, 2.75) is 25.5 Å². The number of ether oxygens (including phenoxy) is 2. The number of aryl methyl sites for hydroxylation is 2. The molecule has 1 N–H and O–H groups in total. The number of ketones is 1. The van der Waals surface area contributed by atoms with Crippen LogP contribution in [0.25, 0.3) is 10.9 Å². The summed E-state index contributed by atoms with van der Waals surface area (Å²) in [4.78, 5) is 43.1. The summed E-state index contributed by atoms with van der Waals surface area (Å²) in [5.41, 5.74) is 3.22. The Kier molecular flexibility index (Phi) is 8.98. The maximum Gasteiger partial charge on any atom is 0.262 e. The van der Waals surface area contributed by atoms with Crippen molar-refractivity contribution in [1.29, 1.82) is 0 Å². The van der Waals surface area contributed by atoms with E-state index in [0.29, 0.717) is 53.5 Å². The average Bonchev–Trinajstić information content (AvgIpc) is 2.81. The van der Waals surface area contributed by atoms with Crippen LogP contribution in [-0.2, 0) is 16.0 Å². The quantitative estimate of drug-likeness (QED) is 0.194. The van der Waals surface area contributed by atoms with Gasteiger partial charge in [-0.3, -0.25) is 19.0 Å². The number of Topliss-reactive ketones (excluding diaryl/α,β-unsaturated/α-hetero) is 1. The Morgan fingerprint density at radius 2 is 1.82 bits per heavy atom. The number of methoxy groups -OCH3 is 2. The van der Waals surface area contributed by atoms with Crippen molar-refractivity contribution in [2.24, 2.45) is 0 Å². The summed E-state index contributed by atoms with van der Waals surface area (Å²) < 4.78 is 11.6. The number of rotatable bonds is 11. The second kappa shape index (κ2) is 11.9. The van der Waals surface area contributed by atoms with Crippen molar-refractivity contribution >= 4 is 34.4 Å². The fourth-order valence-electron chi connectivity index (χ4n) is 3.53. The Balaban J connectivity index is 1.92. The molecule has 0 atom stereocenters. The van der Waals surface area contributed by atoms with Gasteiger partial charge in [0.05, 0.1) is 36.4 Å². The number of hydrogen-bond donors (Lipinski definition) is 1. The van der Waals surface area contributed by atoms with Gasteiger partial charge >= 0.3 is 0 Å². The Hall–Kier alpha value is -3.01. The molecule has 0 aliphatic rings. The summed E-state index contributed by atoms with van der Waals surface area (Å²) in [5, 5.41) is 3.56. The Bertz CT molecular complexity index is 1260. The minimum atomic E-state index is -0.275. The SMILES string of the molecule is COCCNC(=O)c1ccc2c(=O)n(CCOC)c(SCC(=O)c3ccc(C)cc3C)nc2c1. The standard InChI is InChI=1S/C25H29N3O5S/c1-16-5-7-19(17(2)13-16)22(29)15-34-25-27-21-14-18(23(30)26-9-11-32-3)6-8-20(21)24(31)28(25)10-12-33-4/h5-8,13-14H,9-12,15H2,1-4H3,(H,26,30). The first kappa shape index (κ1) is 25.6. The van der Waals surface area contributed by atoms with Crippen molar-refractivity contribution in [2.75, 3.05) is 39.7 Å². The average molecular weight is 484 g/mol. The lowest BCUT2D eigenvalue weighted by atomic mass is 10.0. The van der Waals surface area contributed by atoms with Crippen molar-refractivity contribution in [3.63, 3.8) is 0 Å². The summed E-state index contributed by atoms with van der Waals surface area (Å²) in [5.74, 6) is -0.184. The molecular formula is C25H29N3O5S. The molecule has 3 rings (SSSR count). The van der Waals surface area contributed by atoms with Crippen LogP contribution < -0.4 is 10.9 Å². The number of carbonyl (C=O) groups excluding carboxylic acids is 2. The smallest absolute Gasteiger partial charge is 0.262 e. The molecule has 0 radical (unpaired) electrons. The second-order valence-corrected chi connectivity index (χ2v) is 8.80. The monoisotopic (exact) mass is 483 g/mol. The van der Waals surface area contributed by atoms with Crippen LogP contribution in [0.15, 0.2) is 46.3 Å². The fourth-order valence-corrected chi connectivity index (χ4v) is 4.44. The second-order valence-electron chi connectivity index (χ2n) is 7.85. The summed E-state index contributed by atoms with van der Waals surface area (Å²) in [7, 11) is 3.12. The number of fused-ring (bicyclic) bond motifs is 1. The number of nitrogens with zero attached hydrogens (tertiary/aromatic N) is 2. The number of hydrogen-bond acceptors (Lipinski definition) is 7. The zero-order valence-electron chi connectivity index (χ0n) is 19.8. The topological polar surface area (TPSA) is 99.5 Å². The van der Waals surface area contributed by atoms with Gasteiger partial charge in [0.1, 0.15) is 0 Å². The van der Waals surface area contributed by atoms with Crippen LogP contribution in [0.3, 0.4) is 0 Å². The van der Waals surface area contributed by atoms with E-state index in [1.165, 1.54) is 16.3 Å². The number of benzene rings is 2. The molecule has 0 saturated heterocycles. The van der Waals surface area contributed by atoms with Gasteiger partial charge in [-0.2, -0.15) is 0 Å². The van der Waals surface area contributed by atoms with Crippen molar-refractivity contribution < 1.29 is 19.1 Å². The molecule has 1 heterocycles. The summed E-state index contributed by atoms with van der Waals surface area (Å²) in [6.45, 7) is 5.30. The first-order valence-corrected chi connectivity index (χ1v) is 11.9. The molecule has 180 valence electrons. The summed E-state index contributed by atoms with van der Waals surface area (Å²) >= 11 is 1.20. The molecule has 34 heavy (non-hydrogen) atoms. The van der Waals surface area contributed by atoms with E-state index in [2.05, 4.69) is 10.3 Å². The van der Waals surface area contributed by atoms with E-state index in [9.17, 15) is 14.4 Å². The highest BCUT2D eigenvalue weighted by molar-refractivity contribution is 7.99. The predicted molar refractivity (Wildman–Crippen MR) is 133 cm³/mol. The van der Waals surface area contributed by atoms with Gasteiger partial charge in [-0.25, -0.2) is 4.98 Å². The van der Waals surface area contributed by atoms with Gasteiger partial charge in [0, 0.05) is 31.9 Å². The fraction of sp³-hybridized carbons (Fsp3) is 0.360. The third-order valence-corrected chi connectivity index (χ3v) is 6.28. The van der Waals surface area contributed by atoms with Crippen LogP contribution in [0.5, 0.6) is 0 Å². The van der Waals surface area contributed by atoms with Crippen molar-refractivity contribution in [3.8, 4) is 0 Å². The molecule has 0 fully saturated rings. The van der Waals surface area contributed by atoms with E-state index in [0.717, 1.165) is 11.1 Å². The highest BCUT2D eigenvalue weighted by Crippen LogP contribution is 2.21. The van der Waals surface area contributed by atoms with Crippen molar-refractivity contribution in [1.82, 2.24) is 14.9 Å². The lowest BCUT2D eigenvalue weighted by Crippen LogP contribution is -2.28. The molecule has 0 aliphatic heterocycles. The van der Waals surface area contributed by atoms with Gasteiger partial charge in [0.15, 0.2) is 10.9 Å². The van der Waals surface area contributed by atoms with Crippen LogP contribution >= 0.6 is 11.8 Å². The van der Waals surface area contributed by atoms with Gasteiger partial charge < -0.3 is 14.8 Å². The molecule has 0 unspecified atom stereocenters. The van der Waals surface area contributed by atoms with Crippen LogP contribution in [0.1, 0.15) is 31.8 Å². The highest BCUT2D eigenvalue weighted by atomic mass is 32.2. The largest absolute Gasteiger partial charge is 0.383 e. The molecule has 0 saturated carbocycles. The van der Waals surface area contributed by atoms with Crippen LogP contribution in [-0.4, -0.2) is 61.0 Å². The van der Waals surface area contributed by atoms with Gasteiger partial charge in [-0.05, 0) is 37.6 Å². The number of carbonyl (C=O) groups is 2. The highest BCUT2D eigenvalue weighted by Gasteiger charge is 2.16. The van der Waals surface area contributed by atoms with E-state index in [1.807, 2.05) is 32.0 Å². The first-order valence-electron chi connectivity index (χ1n) is 10.9. The normalized spacial score (nSPS) is 11.1. The van der Waals surface area contributed by atoms with Crippen LogP contribution in [0.2, 0.25) is 0 Å². The van der Waals surface area contributed by atoms with Gasteiger partial charge in [0.2, 0.25) is 0 Å². The number of aromatic nitrogens is 2. The van der Waals surface area contributed by atoms with E-state index in [4.69, 9.17) is 9.47 Å². The minimum Gasteiger partial charge on any atom is -0.383 e. The molecule has 3 aromatic rings. The van der Waals surface area contributed by atoms with Gasteiger partial charge in [-0.15, -0.1) is 0 Å². The lowest BCUT2D eigenvalue weighted by Gasteiger charge is -2.13. The zero-order chi connectivity index (χ0) is 24.7. The summed E-state index contributed by atoms with van der Waals surface area (Å²) in [6, 6.07) is 10.5. The molecule has 0 spiro atoms. The molecule has 2 aromatic carbocycles. The Morgan fingerprint density at radius 1 is 1.06 bits per heavy atom. The van der Waals surface area contributed by atoms with Crippen LogP contribution in [0.4, 0.5) is 0 Å². The maximum atomic E-state index is 13.2. The third-order valence-electron chi connectivity index (χ3n) is 5.31. The number of nitrogens with one attached hydrogen (secondary N) is 1. The van der Waals surface area contributed by atoms with E-state index >= 15 is 0 Å². The molecule has 1 aromatic heterocycles. The lowest BCUT2D eigenvalue weighted by molar-refractivity contribution is 0.0936. The van der Waals surface area contributed by atoms with E-state index in [1.54, 1.807) is 32.4 Å². The minimum absolute atomic E-state index is 0.0404. The Morgan fingerprint density at radius 3 is 2.53 bits per heavy atom. The molecule has 0 bridgehead atoms. The third kappa shape index (κ3) is 6.11.